The third-order valence-corrected chi connectivity index (χ3v) is 8.17. The number of hydrogen-bond donors (Lipinski definition) is 3. The summed E-state index contributed by atoms with van der Waals surface area (Å²) in [5, 5.41) is 6.47. The number of rotatable bonds is 8. The Bertz CT molecular complexity index is 1480. The van der Waals surface area contributed by atoms with E-state index >= 15 is 4.39 Å². The first-order valence-corrected chi connectivity index (χ1v) is 14.4. The van der Waals surface area contributed by atoms with Gasteiger partial charge < -0.3 is 25.8 Å². The Morgan fingerprint density at radius 1 is 1.21 bits per heavy atom. The van der Waals surface area contributed by atoms with E-state index in [1.54, 1.807) is 6.92 Å². The summed E-state index contributed by atoms with van der Waals surface area (Å²) < 4.78 is 81.4. The van der Waals surface area contributed by atoms with Gasteiger partial charge in [0.05, 0.1) is 19.4 Å². The first kappa shape index (κ1) is 30.9. The summed E-state index contributed by atoms with van der Waals surface area (Å²) in [5.41, 5.74) is 3.06. The van der Waals surface area contributed by atoms with Crippen LogP contribution in [0.5, 0.6) is 11.9 Å². The maximum Gasteiger partial charge on any atom is 0.318 e. The van der Waals surface area contributed by atoms with Crippen LogP contribution in [0, 0.1) is 18.6 Å². The smallest absolute Gasteiger partial charge is 0.318 e. The zero-order valence-corrected chi connectivity index (χ0v) is 24.5. The second-order valence-electron chi connectivity index (χ2n) is 11.0. The first-order valence-electron chi connectivity index (χ1n) is 14.4. The van der Waals surface area contributed by atoms with Crippen LogP contribution in [0.15, 0.2) is 6.07 Å². The number of methoxy groups -OCH3 is 1. The largest absolute Gasteiger partial charge is 0.477 e. The highest BCUT2D eigenvalue weighted by molar-refractivity contribution is 5.96. The Kier molecular flexibility index (Phi) is 9.07. The summed E-state index contributed by atoms with van der Waals surface area (Å²) >= 11 is 0. The minimum Gasteiger partial charge on any atom is -0.477 e. The van der Waals surface area contributed by atoms with E-state index in [2.05, 4.69) is 30.5 Å². The monoisotopic (exact) mass is 609 g/mol. The number of ether oxygens (including phenoxy) is 2. The lowest BCUT2D eigenvalue weighted by Crippen LogP contribution is -2.22. The highest BCUT2D eigenvalue weighted by atomic mass is 19.3. The van der Waals surface area contributed by atoms with Gasteiger partial charge >= 0.3 is 6.01 Å². The Morgan fingerprint density at radius 2 is 1.95 bits per heavy atom. The van der Waals surface area contributed by atoms with Crippen molar-refractivity contribution in [3.05, 3.63) is 28.8 Å². The molecule has 3 aliphatic rings. The fraction of sp³-hybridized carbons (Fsp3) is 0.552. The van der Waals surface area contributed by atoms with Crippen LogP contribution in [-0.2, 0) is 0 Å². The molecule has 3 aliphatic heterocycles. The molecule has 5 heterocycles. The number of anilines is 2. The van der Waals surface area contributed by atoms with E-state index in [0.29, 0.717) is 25.2 Å². The molecule has 0 spiro atoms. The Hall–Kier alpha value is -3.52. The number of nitrogens with one attached hydrogen (secondary N) is 2. The summed E-state index contributed by atoms with van der Waals surface area (Å²) in [5.74, 6) is -1.87. The lowest BCUT2D eigenvalue weighted by molar-refractivity contribution is 0.150. The molecule has 9 nitrogen and oxygen atoms in total. The van der Waals surface area contributed by atoms with Crippen LogP contribution in [0.3, 0.4) is 0 Å². The molecular formula is C29H36F5N7O2. The molecule has 3 fully saturated rings. The minimum atomic E-state index is -3.11. The molecule has 3 saturated heterocycles. The summed E-state index contributed by atoms with van der Waals surface area (Å²) in [4.78, 5) is 14.9. The van der Waals surface area contributed by atoms with Gasteiger partial charge in [0.25, 0.3) is 6.43 Å². The first-order chi connectivity index (χ1) is 20.5. The molecule has 0 bridgehead atoms. The van der Waals surface area contributed by atoms with Crippen LogP contribution in [0.25, 0.3) is 22.2 Å². The van der Waals surface area contributed by atoms with Crippen molar-refractivity contribution >= 4 is 22.4 Å². The molecular weight excluding hydrogens is 573 g/mol. The normalized spacial score (nSPS) is 22.8. The number of nitrogens with two attached hydrogens (primary N) is 1. The molecule has 4 N–H and O–H groups in total. The minimum absolute atomic E-state index is 0.0726. The maximum absolute atomic E-state index is 15.9. The number of alkyl halides is 3. The lowest BCUT2D eigenvalue weighted by atomic mass is 9.97. The average Bonchev–Trinajstić information content (AvgIpc) is 3.31. The standard InChI is InChI=1S/C22H24F4N6O2.C7H12FN/c1-5-34-21-14-18(31-22(33-4)32-20(14)28-7-12-9(3)29-12)16(24)17(30-21)10-6-11(27)15(23)8(2)13(10)19(25)26;8-6-4-7-2-1-3-9(7)5-6/h6,9,12,19,29H,5,7,27H2,1-4H3,(H,28,31,32);6-7H,1-5H2. The molecule has 0 radical (unpaired) electrons. The molecule has 43 heavy (non-hydrogen) atoms. The lowest BCUT2D eigenvalue weighted by Gasteiger charge is -2.18. The number of fused-ring (bicyclic) bond motifs is 2. The van der Waals surface area contributed by atoms with Crippen molar-refractivity contribution in [3.63, 3.8) is 0 Å². The second kappa shape index (κ2) is 12.6. The van der Waals surface area contributed by atoms with Crippen LogP contribution in [0.1, 0.15) is 50.7 Å². The molecule has 2 aromatic heterocycles. The van der Waals surface area contributed by atoms with Crippen LogP contribution in [0.2, 0.25) is 0 Å². The van der Waals surface area contributed by atoms with Gasteiger partial charge in [-0.05, 0) is 58.2 Å². The number of nitrogens with zero attached hydrogens (tertiary/aromatic N) is 4. The summed E-state index contributed by atoms with van der Waals surface area (Å²) in [7, 11) is 1.32. The predicted octanol–water partition coefficient (Wildman–Crippen LogP) is 5.17. The number of halogens is 5. The van der Waals surface area contributed by atoms with Gasteiger partial charge in [-0.25, -0.2) is 26.9 Å². The van der Waals surface area contributed by atoms with E-state index in [0.717, 1.165) is 26.0 Å². The number of pyridine rings is 1. The summed E-state index contributed by atoms with van der Waals surface area (Å²) in [6.45, 7) is 7.34. The fourth-order valence-electron chi connectivity index (χ4n) is 5.82. The molecule has 4 atom stereocenters. The molecule has 0 aliphatic carbocycles. The van der Waals surface area contributed by atoms with Gasteiger partial charge in [0.2, 0.25) is 5.88 Å². The number of nitrogen functional groups attached to an aromatic ring is 1. The van der Waals surface area contributed by atoms with Crippen LogP contribution in [0.4, 0.5) is 33.5 Å². The van der Waals surface area contributed by atoms with Crippen molar-refractivity contribution in [2.24, 2.45) is 0 Å². The van der Waals surface area contributed by atoms with Gasteiger partial charge in [-0.15, -0.1) is 0 Å². The number of hydrogen-bond acceptors (Lipinski definition) is 9. The van der Waals surface area contributed by atoms with E-state index in [9.17, 15) is 17.6 Å². The van der Waals surface area contributed by atoms with Gasteiger partial charge in [0.1, 0.15) is 34.4 Å². The van der Waals surface area contributed by atoms with E-state index < -0.39 is 46.7 Å². The molecule has 3 aromatic rings. The average molecular weight is 610 g/mol. The summed E-state index contributed by atoms with van der Waals surface area (Å²) in [6.07, 6.45) is -0.296. The highest BCUT2D eigenvalue weighted by Gasteiger charge is 2.35. The zero-order chi connectivity index (χ0) is 31.0. The molecule has 4 unspecified atom stereocenters. The molecule has 14 heteroatoms. The second-order valence-corrected chi connectivity index (χ2v) is 11.0. The summed E-state index contributed by atoms with van der Waals surface area (Å²) in [6, 6.07) is 1.92. The van der Waals surface area contributed by atoms with Crippen molar-refractivity contribution in [2.45, 2.75) is 70.8 Å². The Morgan fingerprint density at radius 3 is 2.58 bits per heavy atom. The van der Waals surface area contributed by atoms with Crippen molar-refractivity contribution in [2.75, 3.05) is 44.4 Å². The fourth-order valence-corrected chi connectivity index (χ4v) is 5.82. The maximum atomic E-state index is 15.9. The number of benzene rings is 1. The SMILES string of the molecule is CCOc1nc(-c2cc(N)c(F)c(C)c2C(F)F)c(F)c2nc(OC)nc(NCC3NC3C)c12.FC1CC2CCCN2C1. The van der Waals surface area contributed by atoms with E-state index in [1.807, 2.05) is 6.92 Å². The Balaban J connectivity index is 0.000000345. The van der Waals surface area contributed by atoms with Gasteiger partial charge in [-0.2, -0.15) is 9.97 Å². The highest BCUT2D eigenvalue weighted by Crippen LogP contribution is 2.42. The molecule has 1 aromatic carbocycles. The predicted molar refractivity (Wildman–Crippen MR) is 153 cm³/mol. The van der Waals surface area contributed by atoms with Gasteiger partial charge in [0, 0.05) is 42.3 Å². The zero-order valence-electron chi connectivity index (χ0n) is 24.5. The van der Waals surface area contributed by atoms with Crippen LogP contribution >= 0.6 is 0 Å². The van der Waals surface area contributed by atoms with E-state index in [-0.39, 0.29) is 46.8 Å². The molecule has 0 amide bonds. The van der Waals surface area contributed by atoms with Crippen LogP contribution in [-0.4, -0.2) is 77.5 Å². The van der Waals surface area contributed by atoms with Crippen molar-refractivity contribution in [3.8, 4) is 23.1 Å². The van der Waals surface area contributed by atoms with Gasteiger partial charge in [-0.3, -0.25) is 4.90 Å². The Labute approximate surface area is 246 Å². The van der Waals surface area contributed by atoms with Crippen molar-refractivity contribution in [1.82, 2.24) is 25.2 Å². The molecule has 234 valence electrons. The van der Waals surface area contributed by atoms with Gasteiger partial charge in [0.15, 0.2) is 5.82 Å². The molecule has 6 rings (SSSR count). The topological polar surface area (TPSA) is 120 Å². The number of aromatic nitrogens is 3. The van der Waals surface area contributed by atoms with Crippen LogP contribution < -0.4 is 25.8 Å². The third kappa shape index (κ3) is 6.26. The van der Waals surface area contributed by atoms with E-state index in [1.165, 1.54) is 20.0 Å². The quantitative estimate of drug-likeness (QED) is 0.181. The van der Waals surface area contributed by atoms with E-state index in [4.69, 9.17) is 15.2 Å². The van der Waals surface area contributed by atoms with Gasteiger partial charge in [-0.1, -0.05) is 0 Å². The molecule has 0 saturated carbocycles. The third-order valence-electron chi connectivity index (χ3n) is 8.17. The van der Waals surface area contributed by atoms with Crippen molar-refractivity contribution in [1.29, 1.82) is 0 Å². The van der Waals surface area contributed by atoms with Crippen molar-refractivity contribution < 1.29 is 31.4 Å².